The van der Waals surface area contributed by atoms with Gasteiger partial charge in [-0.3, -0.25) is 9.36 Å². The van der Waals surface area contributed by atoms with Gasteiger partial charge in [-0.05, 0) is 61.1 Å². The van der Waals surface area contributed by atoms with Crippen LogP contribution in [0.1, 0.15) is 18.1 Å². The van der Waals surface area contributed by atoms with E-state index in [1.165, 1.54) is 0 Å². The highest BCUT2D eigenvalue weighted by atomic mass is 32.2. The van der Waals surface area contributed by atoms with Gasteiger partial charge in [-0.2, -0.15) is 0 Å². The molecule has 7 heteroatoms. The van der Waals surface area contributed by atoms with Crippen LogP contribution in [-0.4, -0.2) is 27.9 Å². The molecule has 37 heavy (non-hydrogen) atoms. The van der Waals surface area contributed by atoms with Crippen molar-refractivity contribution in [1.29, 1.82) is 0 Å². The zero-order valence-corrected chi connectivity index (χ0v) is 22.2. The molecule has 4 aromatic carbocycles. The van der Waals surface area contributed by atoms with E-state index in [4.69, 9.17) is 17.0 Å². The molecule has 0 fully saturated rings. The lowest BCUT2D eigenvalue weighted by molar-refractivity contribution is 0.0919. The normalized spacial score (nSPS) is 11.8. The minimum Gasteiger partial charge on any atom is -0.495 e. The summed E-state index contributed by atoms with van der Waals surface area (Å²) in [6.07, 6.45) is 0.704. The number of carbonyl (C=O) groups is 1. The number of fused-ring (bicyclic) bond motifs is 3. The Labute approximate surface area is 225 Å². The van der Waals surface area contributed by atoms with E-state index in [0.717, 1.165) is 38.1 Å². The molecule has 0 amide bonds. The smallest absolute Gasteiger partial charge is 0.245 e. The van der Waals surface area contributed by atoms with E-state index in [-0.39, 0.29) is 11.2 Å². The summed E-state index contributed by atoms with van der Waals surface area (Å²) in [6.45, 7) is 2.05. The van der Waals surface area contributed by atoms with E-state index in [2.05, 4.69) is 29.7 Å². The number of para-hydroxylation sites is 4. The predicted molar refractivity (Wildman–Crippen MR) is 159 cm³/mol. The highest BCUT2D eigenvalue weighted by Crippen LogP contribution is 2.33. The zero-order valence-electron chi connectivity index (χ0n) is 20.6. The number of anilines is 2. The van der Waals surface area contributed by atoms with Gasteiger partial charge in [-0.25, -0.2) is 0 Å². The number of rotatable bonds is 7. The van der Waals surface area contributed by atoms with Crippen LogP contribution in [0.5, 0.6) is 5.75 Å². The maximum Gasteiger partial charge on any atom is 0.245 e. The summed E-state index contributed by atoms with van der Waals surface area (Å²) >= 11 is 7.09. The molecule has 0 spiro atoms. The van der Waals surface area contributed by atoms with Crippen LogP contribution in [0.3, 0.4) is 0 Å². The van der Waals surface area contributed by atoms with Gasteiger partial charge in [0, 0.05) is 21.4 Å². The Morgan fingerprint density at radius 2 is 1.54 bits per heavy atom. The van der Waals surface area contributed by atoms with Gasteiger partial charge in [-0.1, -0.05) is 61.5 Å². The molecule has 2 N–H and O–H groups in total. The fourth-order valence-electron chi connectivity index (χ4n) is 4.46. The molecule has 5 aromatic rings. The Balaban J connectivity index is 1.36. The Morgan fingerprint density at radius 1 is 0.892 bits per heavy atom. The van der Waals surface area contributed by atoms with Crippen molar-refractivity contribution in [3.8, 4) is 5.75 Å². The SMILES string of the molecule is CCC(Sc1cccc(NC(=S)Nc2ccccc2OC)c1)C(=O)n1c2ccccc2c2ccccc21. The number of ether oxygens (including phenoxy) is 1. The highest BCUT2D eigenvalue weighted by Gasteiger charge is 2.24. The molecule has 1 unspecified atom stereocenters. The zero-order chi connectivity index (χ0) is 25.8. The van der Waals surface area contributed by atoms with Crippen LogP contribution in [0, 0.1) is 0 Å². The van der Waals surface area contributed by atoms with Crippen molar-refractivity contribution in [2.45, 2.75) is 23.5 Å². The van der Waals surface area contributed by atoms with Gasteiger partial charge in [-0.15, -0.1) is 11.8 Å². The summed E-state index contributed by atoms with van der Waals surface area (Å²) in [7, 11) is 1.63. The lowest BCUT2D eigenvalue weighted by Gasteiger charge is -2.17. The summed E-state index contributed by atoms with van der Waals surface area (Å²) in [5, 5.41) is 8.82. The minimum atomic E-state index is -0.242. The van der Waals surface area contributed by atoms with Crippen molar-refractivity contribution in [3.05, 3.63) is 97.1 Å². The van der Waals surface area contributed by atoms with E-state index in [1.54, 1.807) is 18.9 Å². The first kappa shape index (κ1) is 24.9. The number of aromatic nitrogens is 1. The molecular formula is C30H27N3O2S2. The highest BCUT2D eigenvalue weighted by molar-refractivity contribution is 8.00. The van der Waals surface area contributed by atoms with E-state index in [1.807, 2.05) is 89.5 Å². The predicted octanol–water partition coefficient (Wildman–Crippen LogP) is 7.82. The molecule has 0 aliphatic carbocycles. The first-order chi connectivity index (χ1) is 18.1. The summed E-state index contributed by atoms with van der Waals surface area (Å²) in [6, 6.07) is 31.8. The molecule has 186 valence electrons. The minimum absolute atomic E-state index is 0.0802. The first-order valence-corrected chi connectivity index (χ1v) is 13.4. The van der Waals surface area contributed by atoms with E-state index >= 15 is 0 Å². The summed E-state index contributed by atoms with van der Waals surface area (Å²) in [5.74, 6) is 0.793. The fourth-order valence-corrected chi connectivity index (χ4v) is 5.74. The molecule has 0 aliphatic rings. The van der Waals surface area contributed by atoms with Crippen molar-refractivity contribution in [3.63, 3.8) is 0 Å². The molecule has 1 heterocycles. The van der Waals surface area contributed by atoms with Crippen LogP contribution >= 0.6 is 24.0 Å². The molecule has 0 bridgehead atoms. The number of hydrogen-bond acceptors (Lipinski definition) is 4. The molecule has 1 aromatic heterocycles. The second kappa shape index (κ2) is 11.1. The van der Waals surface area contributed by atoms with Gasteiger partial charge in [0.1, 0.15) is 5.75 Å². The monoisotopic (exact) mass is 525 g/mol. The first-order valence-electron chi connectivity index (χ1n) is 12.1. The van der Waals surface area contributed by atoms with Crippen LogP contribution in [0.25, 0.3) is 21.8 Å². The van der Waals surface area contributed by atoms with Crippen molar-refractivity contribution >= 4 is 68.2 Å². The van der Waals surface area contributed by atoms with Crippen molar-refractivity contribution in [1.82, 2.24) is 4.57 Å². The molecule has 5 nitrogen and oxygen atoms in total. The van der Waals surface area contributed by atoms with Gasteiger partial charge >= 0.3 is 0 Å². The van der Waals surface area contributed by atoms with Gasteiger partial charge in [0.2, 0.25) is 5.91 Å². The standard InChI is InChI=1S/C30H27N3O2S2/c1-3-28(29(34)33-25-16-7-4-13-22(25)23-14-5-8-17-26(23)33)37-21-12-10-11-20(19-21)31-30(36)32-24-15-6-9-18-27(24)35-2/h4-19,28H,3H2,1-2H3,(H2,31,32,36). The quantitative estimate of drug-likeness (QED) is 0.167. The number of thioether (sulfide) groups is 1. The lowest BCUT2D eigenvalue weighted by Crippen LogP contribution is -2.23. The van der Waals surface area contributed by atoms with Crippen LogP contribution in [0.15, 0.2) is 102 Å². The number of methoxy groups -OCH3 is 1. The number of hydrogen-bond donors (Lipinski definition) is 2. The van der Waals surface area contributed by atoms with E-state index in [0.29, 0.717) is 17.3 Å². The fraction of sp³-hybridized carbons (Fsp3) is 0.133. The van der Waals surface area contributed by atoms with Crippen molar-refractivity contribution in [2.75, 3.05) is 17.7 Å². The molecule has 5 rings (SSSR count). The van der Waals surface area contributed by atoms with Crippen LogP contribution in [0.2, 0.25) is 0 Å². The molecular weight excluding hydrogens is 498 g/mol. The lowest BCUT2D eigenvalue weighted by atomic mass is 10.2. The number of nitrogens with zero attached hydrogens (tertiary/aromatic N) is 1. The summed E-state index contributed by atoms with van der Waals surface area (Å²) in [4.78, 5) is 14.9. The maximum absolute atomic E-state index is 13.9. The number of thiocarbonyl (C=S) groups is 1. The van der Waals surface area contributed by atoms with Gasteiger partial charge < -0.3 is 15.4 Å². The number of nitrogens with one attached hydrogen (secondary N) is 2. The Bertz CT molecular complexity index is 1540. The molecule has 0 saturated heterocycles. The maximum atomic E-state index is 13.9. The van der Waals surface area contributed by atoms with E-state index < -0.39 is 0 Å². The largest absolute Gasteiger partial charge is 0.495 e. The third-order valence-electron chi connectivity index (χ3n) is 6.17. The molecule has 0 radical (unpaired) electrons. The van der Waals surface area contributed by atoms with Gasteiger partial charge in [0.15, 0.2) is 5.11 Å². The number of carbonyl (C=O) groups excluding carboxylic acids is 1. The van der Waals surface area contributed by atoms with Gasteiger partial charge in [0.25, 0.3) is 0 Å². The van der Waals surface area contributed by atoms with Crippen molar-refractivity contribution in [2.24, 2.45) is 0 Å². The van der Waals surface area contributed by atoms with Crippen LogP contribution in [0.4, 0.5) is 11.4 Å². The Kier molecular flexibility index (Phi) is 7.44. The average Bonchev–Trinajstić information content (AvgIpc) is 3.26. The Hall–Kier alpha value is -3.81. The second-order valence-corrected chi connectivity index (χ2v) is 10.2. The molecule has 0 saturated carbocycles. The number of benzene rings is 4. The topological polar surface area (TPSA) is 55.3 Å². The van der Waals surface area contributed by atoms with Crippen LogP contribution in [-0.2, 0) is 0 Å². The van der Waals surface area contributed by atoms with Gasteiger partial charge in [0.05, 0.1) is 29.1 Å². The van der Waals surface area contributed by atoms with Crippen LogP contribution < -0.4 is 15.4 Å². The van der Waals surface area contributed by atoms with E-state index in [9.17, 15) is 4.79 Å². The third kappa shape index (κ3) is 5.19. The summed E-state index contributed by atoms with van der Waals surface area (Å²) < 4.78 is 7.27. The third-order valence-corrected chi connectivity index (χ3v) is 7.72. The molecule has 1 atom stereocenters. The molecule has 0 aliphatic heterocycles. The Morgan fingerprint density at radius 3 is 2.22 bits per heavy atom. The van der Waals surface area contributed by atoms with Crippen molar-refractivity contribution < 1.29 is 9.53 Å². The summed E-state index contributed by atoms with van der Waals surface area (Å²) in [5.41, 5.74) is 3.51. The second-order valence-electron chi connectivity index (χ2n) is 8.53. The average molecular weight is 526 g/mol.